The van der Waals surface area contributed by atoms with Crippen LogP contribution in [0.2, 0.25) is 5.02 Å². The highest BCUT2D eigenvalue weighted by molar-refractivity contribution is 6.31. The fourth-order valence-corrected chi connectivity index (χ4v) is 0.917. The van der Waals surface area contributed by atoms with Gasteiger partial charge in [-0.1, -0.05) is 11.6 Å². The van der Waals surface area contributed by atoms with Gasteiger partial charge in [0.05, 0.1) is 11.4 Å². The molecule has 70 valence electrons. The lowest BCUT2D eigenvalue weighted by atomic mass is 10.3. The van der Waals surface area contributed by atoms with Gasteiger partial charge < -0.3 is 11.1 Å². The third kappa shape index (κ3) is 3.39. The smallest absolute Gasteiger partial charge is 0.0586 e. The largest absolute Gasteiger partial charge is 0.397 e. The zero-order valence-corrected chi connectivity index (χ0v) is 8.89. The van der Waals surface area contributed by atoms with Crippen LogP contribution in [0, 0.1) is 0 Å². The Hall–Kier alpha value is -0.310. The summed E-state index contributed by atoms with van der Waals surface area (Å²) in [5.41, 5.74) is 7.16. The molecule has 0 unspecified atom stereocenters. The Morgan fingerprint density at radius 1 is 1.33 bits per heavy atom. The van der Waals surface area contributed by atoms with E-state index < -0.39 is 0 Å². The Labute approximate surface area is 89.3 Å². The molecule has 2 nitrogen and oxygen atoms in total. The minimum atomic E-state index is 0. The van der Waals surface area contributed by atoms with Crippen molar-refractivity contribution in [2.75, 3.05) is 18.1 Å². The summed E-state index contributed by atoms with van der Waals surface area (Å²) in [6.45, 7) is 0. The zero-order chi connectivity index (χ0) is 7.56. The molecule has 0 aliphatic heterocycles. The summed E-state index contributed by atoms with van der Waals surface area (Å²) in [4.78, 5) is 0. The van der Waals surface area contributed by atoms with Crippen LogP contribution in [-0.2, 0) is 0 Å². The van der Waals surface area contributed by atoms with Gasteiger partial charge in [-0.3, -0.25) is 0 Å². The second-order valence-electron chi connectivity index (χ2n) is 1.98. The number of hydrogen-bond acceptors (Lipinski definition) is 2. The molecule has 0 aliphatic carbocycles. The summed E-state index contributed by atoms with van der Waals surface area (Å²) in [6.07, 6.45) is 0. The highest BCUT2D eigenvalue weighted by Gasteiger charge is 1.95. The molecule has 5 heteroatoms. The van der Waals surface area contributed by atoms with E-state index in [1.807, 2.05) is 7.05 Å². The van der Waals surface area contributed by atoms with Crippen LogP contribution < -0.4 is 11.1 Å². The third-order valence-electron chi connectivity index (χ3n) is 1.28. The maximum atomic E-state index is 5.70. The Morgan fingerprint density at radius 3 is 2.33 bits per heavy atom. The molecule has 0 fully saturated rings. The van der Waals surface area contributed by atoms with Gasteiger partial charge in [-0.2, -0.15) is 0 Å². The van der Waals surface area contributed by atoms with Crippen molar-refractivity contribution in [3.05, 3.63) is 23.2 Å². The first-order valence-corrected chi connectivity index (χ1v) is 3.34. The topological polar surface area (TPSA) is 38.0 Å². The van der Waals surface area contributed by atoms with E-state index in [0.29, 0.717) is 10.7 Å². The van der Waals surface area contributed by atoms with Gasteiger partial charge in [0, 0.05) is 12.1 Å². The van der Waals surface area contributed by atoms with Crippen molar-refractivity contribution >= 4 is 47.8 Å². The van der Waals surface area contributed by atoms with E-state index in [1.165, 1.54) is 0 Å². The molecular weight excluding hydrogens is 218 g/mol. The highest BCUT2D eigenvalue weighted by Crippen LogP contribution is 2.21. The molecule has 0 saturated carbocycles. The van der Waals surface area contributed by atoms with Gasteiger partial charge in [-0.25, -0.2) is 0 Å². The number of hydrogen-bond donors (Lipinski definition) is 2. The quantitative estimate of drug-likeness (QED) is 0.727. The minimum absolute atomic E-state index is 0. The first kappa shape index (κ1) is 14.2. The van der Waals surface area contributed by atoms with Crippen LogP contribution >= 0.6 is 36.4 Å². The van der Waals surface area contributed by atoms with Gasteiger partial charge in [0.2, 0.25) is 0 Å². The molecule has 0 heterocycles. The van der Waals surface area contributed by atoms with Gasteiger partial charge in [-0.05, 0) is 18.2 Å². The summed E-state index contributed by atoms with van der Waals surface area (Å²) in [5.74, 6) is 0. The van der Waals surface area contributed by atoms with Crippen molar-refractivity contribution in [1.29, 1.82) is 0 Å². The highest BCUT2D eigenvalue weighted by atomic mass is 35.5. The first-order chi connectivity index (χ1) is 4.74. The van der Waals surface area contributed by atoms with Crippen molar-refractivity contribution in [1.82, 2.24) is 0 Å². The first-order valence-electron chi connectivity index (χ1n) is 2.97. The van der Waals surface area contributed by atoms with Gasteiger partial charge in [0.15, 0.2) is 0 Å². The van der Waals surface area contributed by atoms with Crippen molar-refractivity contribution in [2.45, 2.75) is 0 Å². The summed E-state index contributed by atoms with van der Waals surface area (Å²) in [5, 5.41) is 3.62. The molecule has 0 spiro atoms. The van der Waals surface area contributed by atoms with Gasteiger partial charge in [0.1, 0.15) is 0 Å². The molecule has 0 saturated heterocycles. The van der Waals surface area contributed by atoms with Gasteiger partial charge in [0.25, 0.3) is 0 Å². The predicted octanol–water partition coefficient (Wildman–Crippen LogP) is 2.81. The van der Waals surface area contributed by atoms with E-state index >= 15 is 0 Å². The molecule has 0 atom stereocenters. The molecule has 3 N–H and O–H groups in total. The maximum Gasteiger partial charge on any atom is 0.0586 e. The molecule has 1 aromatic carbocycles. The lowest BCUT2D eigenvalue weighted by Gasteiger charge is -2.03. The third-order valence-corrected chi connectivity index (χ3v) is 1.52. The Bertz CT molecular complexity index is 240. The van der Waals surface area contributed by atoms with Crippen LogP contribution in [0.15, 0.2) is 18.2 Å². The molecule has 1 rings (SSSR count). The Kier molecular flexibility index (Phi) is 7.39. The van der Waals surface area contributed by atoms with Crippen LogP contribution in [0.5, 0.6) is 0 Å². The average molecular weight is 230 g/mol. The van der Waals surface area contributed by atoms with E-state index in [0.717, 1.165) is 5.69 Å². The summed E-state index contributed by atoms with van der Waals surface area (Å²) in [7, 11) is 1.81. The fraction of sp³-hybridized carbons (Fsp3) is 0.143. The molecule has 0 bridgehead atoms. The number of anilines is 2. The monoisotopic (exact) mass is 228 g/mol. The van der Waals surface area contributed by atoms with Gasteiger partial charge >= 0.3 is 0 Å². The molecule has 1 aromatic rings. The van der Waals surface area contributed by atoms with Crippen LogP contribution in [-0.4, -0.2) is 7.05 Å². The Balaban J connectivity index is 0. The lowest BCUT2D eigenvalue weighted by molar-refractivity contribution is 1.51. The minimum Gasteiger partial charge on any atom is -0.397 e. The Morgan fingerprint density at radius 2 is 1.92 bits per heavy atom. The second-order valence-corrected chi connectivity index (χ2v) is 2.42. The van der Waals surface area contributed by atoms with Crippen LogP contribution in [0.4, 0.5) is 11.4 Å². The predicted molar refractivity (Wildman–Crippen MR) is 59.9 cm³/mol. The number of halogens is 3. The van der Waals surface area contributed by atoms with Crippen molar-refractivity contribution < 1.29 is 0 Å². The molecule has 0 aromatic heterocycles. The zero-order valence-electron chi connectivity index (χ0n) is 6.50. The standard InChI is InChI=1S/C7H9ClN2.2ClH/c1-10-7-4-5(8)2-3-6(7)9;;/h2-4,10H,9H2,1H3;2*1H. The normalized spacial score (nSPS) is 7.83. The van der Waals surface area contributed by atoms with Gasteiger partial charge in [-0.15, -0.1) is 24.8 Å². The number of nitrogen functional groups attached to an aromatic ring is 1. The molecule has 0 aliphatic rings. The average Bonchev–Trinajstić information content (AvgIpc) is 1.94. The SMILES string of the molecule is CNc1cc(Cl)ccc1N.Cl.Cl. The molecular formula is C7H11Cl3N2. The van der Waals surface area contributed by atoms with E-state index in [9.17, 15) is 0 Å². The van der Waals surface area contributed by atoms with Crippen molar-refractivity contribution in [3.8, 4) is 0 Å². The van der Waals surface area contributed by atoms with E-state index in [2.05, 4.69) is 5.32 Å². The summed E-state index contributed by atoms with van der Waals surface area (Å²) in [6, 6.07) is 5.32. The van der Waals surface area contributed by atoms with Crippen LogP contribution in [0.1, 0.15) is 0 Å². The number of nitrogens with two attached hydrogens (primary N) is 1. The van der Waals surface area contributed by atoms with Crippen molar-refractivity contribution in [2.24, 2.45) is 0 Å². The summed E-state index contributed by atoms with van der Waals surface area (Å²) >= 11 is 5.70. The number of rotatable bonds is 1. The molecule has 0 radical (unpaired) electrons. The fourth-order valence-electron chi connectivity index (χ4n) is 0.745. The van der Waals surface area contributed by atoms with E-state index in [4.69, 9.17) is 17.3 Å². The molecule has 0 amide bonds. The number of benzene rings is 1. The lowest BCUT2D eigenvalue weighted by Crippen LogP contribution is -1.94. The van der Waals surface area contributed by atoms with E-state index in [1.54, 1.807) is 18.2 Å². The second kappa shape index (κ2) is 6.23. The van der Waals surface area contributed by atoms with Crippen LogP contribution in [0.3, 0.4) is 0 Å². The van der Waals surface area contributed by atoms with Crippen molar-refractivity contribution in [3.63, 3.8) is 0 Å². The summed E-state index contributed by atoms with van der Waals surface area (Å²) < 4.78 is 0. The number of nitrogens with one attached hydrogen (secondary N) is 1. The van der Waals surface area contributed by atoms with E-state index in [-0.39, 0.29) is 24.8 Å². The van der Waals surface area contributed by atoms with Crippen LogP contribution in [0.25, 0.3) is 0 Å². The molecule has 12 heavy (non-hydrogen) atoms. The maximum absolute atomic E-state index is 5.70.